The molecular formula is C32H26Cl2Si. The topological polar surface area (TPSA) is 0 Å². The number of fused-ring (bicyclic) bond motifs is 2. The fraction of sp³-hybridized carbons (Fsp3) is 0.125. The van der Waals surface area contributed by atoms with Crippen molar-refractivity contribution in [1.82, 2.24) is 0 Å². The Balaban J connectivity index is 1.38. The van der Waals surface area contributed by atoms with Gasteiger partial charge in [-0.2, -0.15) is 0 Å². The van der Waals surface area contributed by atoms with Crippen molar-refractivity contribution in [2.45, 2.75) is 24.2 Å². The number of hydrogen-bond acceptors (Lipinski definition) is 0. The van der Waals surface area contributed by atoms with Gasteiger partial charge < -0.3 is 0 Å². The van der Waals surface area contributed by atoms with Gasteiger partial charge in [-0.3, -0.25) is 0 Å². The molecular weight excluding hydrogens is 483 g/mol. The van der Waals surface area contributed by atoms with Gasteiger partial charge in [0.15, 0.2) is 0 Å². The summed E-state index contributed by atoms with van der Waals surface area (Å²) in [4.78, 5) is 0. The fourth-order valence-corrected chi connectivity index (χ4v) is 9.86. The lowest BCUT2D eigenvalue weighted by Gasteiger charge is -2.35. The molecule has 4 aromatic carbocycles. The lowest BCUT2D eigenvalue weighted by molar-refractivity contribution is 1.05. The van der Waals surface area contributed by atoms with E-state index in [0.29, 0.717) is 11.1 Å². The molecule has 0 heterocycles. The molecule has 0 spiro atoms. The Morgan fingerprint density at radius 2 is 0.943 bits per heavy atom. The molecule has 2 aliphatic rings. The van der Waals surface area contributed by atoms with E-state index < -0.39 is 8.07 Å². The van der Waals surface area contributed by atoms with Gasteiger partial charge in [0.05, 0.1) is 8.07 Å². The molecule has 0 fully saturated rings. The van der Waals surface area contributed by atoms with Crippen molar-refractivity contribution in [3.05, 3.63) is 129 Å². The van der Waals surface area contributed by atoms with Gasteiger partial charge in [0.2, 0.25) is 0 Å². The lowest BCUT2D eigenvalue weighted by atomic mass is 9.97. The fourth-order valence-electron chi connectivity index (χ4n) is 5.93. The smallest absolute Gasteiger partial charge is 0.0715 e. The van der Waals surface area contributed by atoms with Crippen LogP contribution in [0.4, 0.5) is 0 Å². The first-order valence-electron chi connectivity index (χ1n) is 12.1. The van der Waals surface area contributed by atoms with E-state index in [9.17, 15) is 0 Å². The summed E-state index contributed by atoms with van der Waals surface area (Å²) in [5.41, 5.74) is 11.6. The number of halogens is 2. The Kier molecular flexibility index (Phi) is 5.60. The monoisotopic (exact) mass is 508 g/mol. The van der Waals surface area contributed by atoms with E-state index in [0.717, 1.165) is 10.0 Å². The average molecular weight is 510 g/mol. The molecule has 172 valence electrons. The molecule has 2 unspecified atom stereocenters. The zero-order chi connectivity index (χ0) is 24.2. The number of hydrogen-bond donors (Lipinski definition) is 0. The van der Waals surface area contributed by atoms with Crippen LogP contribution in [-0.4, -0.2) is 8.07 Å². The minimum absolute atomic E-state index is 0.463. The Hall–Kier alpha value is -2.84. The quantitative estimate of drug-likeness (QED) is 0.240. The molecule has 0 radical (unpaired) electrons. The second-order valence-electron chi connectivity index (χ2n) is 10.1. The van der Waals surface area contributed by atoms with Crippen LogP contribution in [0.3, 0.4) is 0 Å². The Morgan fingerprint density at radius 3 is 1.34 bits per heavy atom. The maximum absolute atomic E-state index is 6.15. The van der Waals surface area contributed by atoms with Gasteiger partial charge in [-0.05, 0) is 79.9 Å². The van der Waals surface area contributed by atoms with Crippen LogP contribution < -0.4 is 0 Å². The molecule has 0 nitrogen and oxygen atoms in total. The summed E-state index contributed by atoms with van der Waals surface area (Å²) in [6.45, 7) is 5.09. The van der Waals surface area contributed by atoms with Gasteiger partial charge >= 0.3 is 0 Å². The zero-order valence-electron chi connectivity index (χ0n) is 19.8. The maximum atomic E-state index is 6.15. The van der Waals surface area contributed by atoms with Gasteiger partial charge in [0, 0.05) is 10.0 Å². The first kappa shape index (κ1) is 22.6. The highest BCUT2D eigenvalue weighted by molar-refractivity contribution is 6.81. The maximum Gasteiger partial charge on any atom is 0.0715 e. The van der Waals surface area contributed by atoms with E-state index in [1.807, 2.05) is 24.3 Å². The number of allylic oxidation sites excluding steroid dienone is 2. The third-order valence-electron chi connectivity index (χ3n) is 7.77. The molecule has 4 aromatic rings. The van der Waals surface area contributed by atoms with Gasteiger partial charge in [0.1, 0.15) is 0 Å². The Bertz CT molecular complexity index is 1360. The molecule has 2 atom stereocenters. The van der Waals surface area contributed by atoms with Crippen LogP contribution >= 0.6 is 23.2 Å². The van der Waals surface area contributed by atoms with Crippen LogP contribution in [0, 0.1) is 0 Å². The first-order valence-corrected chi connectivity index (χ1v) is 16.0. The second-order valence-corrected chi connectivity index (χ2v) is 15.9. The number of benzene rings is 4. The summed E-state index contributed by atoms with van der Waals surface area (Å²) in [6.07, 6.45) is 9.63. The average Bonchev–Trinajstić information content (AvgIpc) is 3.50. The molecule has 0 aromatic heterocycles. The molecule has 0 saturated heterocycles. The second kappa shape index (κ2) is 8.67. The summed E-state index contributed by atoms with van der Waals surface area (Å²) in [7, 11) is -1.82. The molecule has 0 N–H and O–H groups in total. The van der Waals surface area contributed by atoms with Gasteiger partial charge in [-0.25, -0.2) is 0 Å². The van der Waals surface area contributed by atoms with Crippen LogP contribution in [-0.2, 0) is 0 Å². The Labute approximate surface area is 218 Å². The summed E-state index contributed by atoms with van der Waals surface area (Å²) in [6, 6.07) is 29.9. The van der Waals surface area contributed by atoms with Crippen molar-refractivity contribution in [1.29, 1.82) is 0 Å². The van der Waals surface area contributed by atoms with Crippen LogP contribution in [0.25, 0.3) is 34.4 Å². The van der Waals surface area contributed by atoms with Crippen molar-refractivity contribution >= 4 is 43.4 Å². The standard InChI is InChI=1S/C32H26Cl2Si/c1-35(2,31-19-17-27-25(5-3-7-29(27)31)21-9-13-23(33)14-10-21)32-20-18-28-26(6-4-8-30(28)32)22-11-15-24(34)16-12-22/h3-20,31-32H,1-2H3. The zero-order valence-corrected chi connectivity index (χ0v) is 22.3. The molecule has 3 heteroatoms. The van der Waals surface area contributed by atoms with Crippen LogP contribution in [0.1, 0.15) is 33.3 Å². The molecule has 0 amide bonds. The third kappa shape index (κ3) is 3.83. The van der Waals surface area contributed by atoms with Crippen molar-refractivity contribution in [3.63, 3.8) is 0 Å². The third-order valence-corrected chi connectivity index (χ3v) is 12.5. The predicted molar refractivity (Wildman–Crippen MR) is 155 cm³/mol. The molecule has 0 bridgehead atoms. The van der Waals surface area contributed by atoms with E-state index in [1.165, 1.54) is 44.5 Å². The van der Waals surface area contributed by atoms with E-state index >= 15 is 0 Å². The van der Waals surface area contributed by atoms with Crippen LogP contribution in [0.5, 0.6) is 0 Å². The highest BCUT2D eigenvalue weighted by atomic mass is 35.5. The molecule has 0 saturated carbocycles. The van der Waals surface area contributed by atoms with Crippen molar-refractivity contribution in [2.75, 3.05) is 0 Å². The normalized spacial score (nSPS) is 18.1. The van der Waals surface area contributed by atoms with Crippen molar-refractivity contribution < 1.29 is 0 Å². The molecule has 6 rings (SSSR count). The highest BCUT2D eigenvalue weighted by Crippen LogP contribution is 2.49. The van der Waals surface area contributed by atoms with Crippen LogP contribution in [0.2, 0.25) is 23.1 Å². The lowest BCUT2D eigenvalue weighted by Crippen LogP contribution is -2.40. The van der Waals surface area contributed by atoms with E-state index in [-0.39, 0.29) is 0 Å². The van der Waals surface area contributed by atoms with E-state index in [4.69, 9.17) is 23.2 Å². The summed E-state index contributed by atoms with van der Waals surface area (Å²) in [5.74, 6) is 0. The highest BCUT2D eigenvalue weighted by Gasteiger charge is 2.43. The minimum Gasteiger partial charge on any atom is -0.0843 e. The van der Waals surface area contributed by atoms with Gasteiger partial charge in [-0.1, -0.05) is 121 Å². The summed E-state index contributed by atoms with van der Waals surface area (Å²) in [5, 5.41) is 1.54. The summed E-state index contributed by atoms with van der Waals surface area (Å²) >= 11 is 12.3. The van der Waals surface area contributed by atoms with E-state index in [2.05, 4.69) is 98.1 Å². The molecule has 2 aliphatic carbocycles. The Morgan fingerprint density at radius 1 is 0.543 bits per heavy atom. The first-order chi connectivity index (χ1) is 16.9. The van der Waals surface area contributed by atoms with Crippen LogP contribution in [0.15, 0.2) is 97.1 Å². The van der Waals surface area contributed by atoms with Gasteiger partial charge in [0.25, 0.3) is 0 Å². The SMILES string of the molecule is C[Si](C)(C1C=Cc2c(-c3ccc(Cl)cc3)cccc21)C1C=Cc2c(-c3ccc(Cl)cc3)cccc21. The predicted octanol–water partition coefficient (Wildman–Crippen LogP) is 10.0. The minimum atomic E-state index is -1.82. The van der Waals surface area contributed by atoms with Gasteiger partial charge in [-0.15, -0.1) is 0 Å². The van der Waals surface area contributed by atoms with Crippen molar-refractivity contribution in [3.8, 4) is 22.3 Å². The summed E-state index contributed by atoms with van der Waals surface area (Å²) < 4.78 is 0. The van der Waals surface area contributed by atoms with E-state index in [1.54, 1.807) is 0 Å². The molecule has 0 aliphatic heterocycles. The number of rotatable bonds is 4. The molecule has 35 heavy (non-hydrogen) atoms. The van der Waals surface area contributed by atoms with Crippen molar-refractivity contribution in [2.24, 2.45) is 0 Å². The largest absolute Gasteiger partial charge is 0.0843 e.